The highest BCUT2D eigenvalue weighted by Crippen LogP contribution is 2.30. The van der Waals surface area contributed by atoms with Gasteiger partial charge in [-0.15, -0.1) is 11.6 Å². The largest absolute Gasteiger partial charge is 0.465 e. The standard InChI is InChI=1S/C14H17ClN2O3S/c1-10-13(8-15)14(11(2)20-10)21(18,19)17(3)9-12-6-4-5-7-16-12/h4-7H,8-9H2,1-3H3. The fraction of sp³-hybridized carbons (Fsp3) is 0.357. The second-order valence-corrected chi connectivity index (χ2v) is 6.99. The number of aromatic nitrogens is 1. The van der Waals surface area contributed by atoms with Crippen molar-refractivity contribution in [3.63, 3.8) is 0 Å². The van der Waals surface area contributed by atoms with Gasteiger partial charge in [0.15, 0.2) is 0 Å². The zero-order valence-electron chi connectivity index (χ0n) is 12.1. The number of aryl methyl sites for hydroxylation is 2. The zero-order valence-corrected chi connectivity index (χ0v) is 13.7. The molecule has 0 aliphatic rings. The molecule has 0 fully saturated rings. The highest BCUT2D eigenvalue weighted by atomic mass is 35.5. The van der Waals surface area contributed by atoms with Gasteiger partial charge in [0, 0.05) is 18.8 Å². The molecule has 2 heterocycles. The fourth-order valence-electron chi connectivity index (χ4n) is 2.16. The highest BCUT2D eigenvalue weighted by molar-refractivity contribution is 7.89. The van der Waals surface area contributed by atoms with Gasteiger partial charge in [0.1, 0.15) is 16.4 Å². The van der Waals surface area contributed by atoms with Crippen molar-refractivity contribution in [1.82, 2.24) is 9.29 Å². The minimum absolute atomic E-state index is 0.0924. The van der Waals surface area contributed by atoms with E-state index < -0.39 is 10.0 Å². The maximum Gasteiger partial charge on any atom is 0.246 e. The first-order chi connectivity index (χ1) is 9.87. The lowest BCUT2D eigenvalue weighted by molar-refractivity contribution is 0.455. The summed E-state index contributed by atoms with van der Waals surface area (Å²) in [7, 11) is -2.16. The van der Waals surface area contributed by atoms with Gasteiger partial charge in [-0.2, -0.15) is 4.31 Å². The lowest BCUT2D eigenvalue weighted by Crippen LogP contribution is -2.27. The number of furan rings is 1. The molecule has 0 amide bonds. The molecule has 0 aromatic carbocycles. The van der Waals surface area contributed by atoms with Crippen molar-refractivity contribution in [2.24, 2.45) is 0 Å². The summed E-state index contributed by atoms with van der Waals surface area (Å²) in [4.78, 5) is 4.30. The molecule has 0 atom stereocenters. The number of halogens is 1. The third-order valence-corrected chi connectivity index (χ3v) is 5.50. The third kappa shape index (κ3) is 3.12. The van der Waals surface area contributed by atoms with Gasteiger partial charge in [0.25, 0.3) is 0 Å². The number of alkyl halides is 1. The number of pyridine rings is 1. The minimum atomic E-state index is -3.67. The molecule has 0 saturated heterocycles. The molecule has 0 N–H and O–H groups in total. The van der Waals surface area contributed by atoms with Gasteiger partial charge in [0.2, 0.25) is 10.0 Å². The summed E-state index contributed by atoms with van der Waals surface area (Å²) in [6.45, 7) is 3.53. The number of sulfonamides is 1. The van der Waals surface area contributed by atoms with Crippen molar-refractivity contribution in [2.75, 3.05) is 7.05 Å². The van der Waals surface area contributed by atoms with Crippen LogP contribution in [0, 0.1) is 13.8 Å². The van der Waals surface area contributed by atoms with Crippen molar-refractivity contribution in [3.05, 3.63) is 47.2 Å². The topological polar surface area (TPSA) is 63.4 Å². The van der Waals surface area contributed by atoms with Crippen LogP contribution in [0.1, 0.15) is 22.8 Å². The van der Waals surface area contributed by atoms with Crippen LogP contribution in [-0.4, -0.2) is 24.8 Å². The molecule has 5 nitrogen and oxygen atoms in total. The summed E-state index contributed by atoms with van der Waals surface area (Å²) in [5.74, 6) is 0.984. The first-order valence-electron chi connectivity index (χ1n) is 6.39. The predicted octanol–water partition coefficient (Wildman–Crippen LogP) is 2.85. The third-order valence-electron chi connectivity index (χ3n) is 3.24. The summed E-state index contributed by atoms with van der Waals surface area (Å²) in [5, 5.41) is 0. The first-order valence-corrected chi connectivity index (χ1v) is 8.36. The van der Waals surface area contributed by atoms with Gasteiger partial charge in [-0.25, -0.2) is 8.42 Å². The Balaban J connectivity index is 2.38. The predicted molar refractivity (Wildman–Crippen MR) is 80.6 cm³/mol. The molecule has 0 aliphatic heterocycles. The molecule has 0 saturated carbocycles. The summed E-state index contributed by atoms with van der Waals surface area (Å²) < 4.78 is 32.1. The van der Waals surface area contributed by atoms with E-state index in [9.17, 15) is 8.42 Å². The summed E-state index contributed by atoms with van der Waals surface area (Å²) in [6, 6.07) is 5.38. The molecule has 0 spiro atoms. The van der Waals surface area contributed by atoms with Crippen molar-refractivity contribution < 1.29 is 12.8 Å². The Bertz CT molecular complexity index is 726. The molecule has 21 heavy (non-hydrogen) atoms. The average molecular weight is 329 g/mol. The van der Waals surface area contributed by atoms with E-state index in [1.807, 2.05) is 6.07 Å². The fourth-order valence-corrected chi connectivity index (χ4v) is 4.11. The van der Waals surface area contributed by atoms with Crippen molar-refractivity contribution in [3.8, 4) is 0 Å². The van der Waals surface area contributed by atoms with Crippen LogP contribution in [0.15, 0.2) is 33.7 Å². The molecule has 0 aliphatic carbocycles. The van der Waals surface area contributed by atoms with Crippen molar-refractivity contribution in [2.45, 2.75) is 31.2 Å². The summed E-state index contributed by atoms with van der Waals surface area (Å²) in [5.41, 5.74) is 1.19. The highest BCUT2D eigenvalue weighted by Gasteiger charge is 2.30. The van der Waals surface area contributed by atoms with E-state index >= 15 is 0 Å². The van der Waals surface area contributed by atoms with Crippen LogP contribution in [0.2, 0.25) is 0 Å². The van der Waals surface area contributed by atoms with E-state index in [0.29, 0.717) is 22.8 Å². The molecule has 7 heteroatoms. The van der Waals surface area contributed by atoms with Crippen LogP contribution >= 0.6 is 11.6 Å². The van der Waals surface area contributed by atoms with Crippen molar-refractivity contribution in [1.29, 1.82) is 0 Å². The van der Waals surface area contributed by atoms with Crippen LogP contribution in [0.5, 0.6) is 0 Å². The van der Waals surface area contributed by atoms with E-state index in [1.165, 1.54) is 11.4 Å². The minimum Gasteiger partial charge on any atom is -0.465 e. The molecule has 0 radical (unpaired) electrons. The number of hydrogen-bond acceptors (Lipinski definition) is 4. The molecule has 0 unspecified atom stereocenters. The SMILES string of the molecule is Cc1oc(C)c(S(=O)(=O)N(C)Cc2ccccn2)c1CCl. The van der Waals surface area contributed by atoms with Crippen LogP contribution in [0.4, 0.5) is 0 Å². The normalized spacial score (nSPS) is 12.0. The first kappa shape index (κ1) is 16.0. The molecular formula is C14H17ClN2O3S. The van der Waals surface area contributed by atoms with E-state index in [0.717, 1.165) is 0 Å². The average Bonchev–Trinajstić information content (AvgIpc) is 2.74. The van der Waals surface area contributed by atoms with Crippen LogP contribution in [0.25, 0.3) is 0 Å². The van der Waals surface area contributed by atoms with Crippen LogP contribution < -0.4 is 0 Å². The Morgan fingerprint density at radius 3 is 2.57 bits per heavy atom. The van der Waals surface area contributed by atoms with Gasteiger partial charge in [-0.3, -0.25) is 4.98 Å². The van der Waals surface area contributed by atoms with Gasteiger partial charge in [-0.05, 0) is 26.0 Å². The smallest absolute Gasteiger partial charge is 0.246 e. The number of nitrogens with zero attached hydrogens (tertiary/aromatic N) is 2. The van der Waals surface area contributed by atoms with E-state index in [1.54, 1.807) is 32.2 Å². The lowest BCUT2D eigenvalue weighted by atomic mass is 10.3. The van der Waals surface area contributed by atoms with Crippen LogP contribution in [0.3, 0.4) is 0 Å². The summed E-state index contributed by atoms with van der Waals surface area (Å²) >= 11 is 5.87. The maximum absolute atomic E-state index is 12.7. The molecule has 2 aromatic rings. The second kappa shape index (κ2) is 6.17. The Morgan fingerprint density at radius 2 is 2.00 bits per heavy atom. The van der Waals surface area contributed by atoms with E-state index in [4.69, 9.17) is 16.0 Å². The Kier molecular flexibility index (Phi) is 4.70. The number of hydrogen-bond donors (Lipinski definition) is 0. The molecule has 2 aromatic heterocycles. The molecular weight excluding hydrogens is 312 g/mol. The molecule has 0 bridgehead atoms. The Labute approximate surface area is 129 Å². The zero-order chi connectivity index (χ0) is 15.6. The molecule has 114 valence electrons. The maximum atomic E-state index is 12.7. The van der Waals surface area contributed by atoms with E-state index in [2.05, 4.69) is 4.98 Å². The van der Waals surface area contributed by atoms with Crippen LogP contribution in [-0.2, 0) is 22.4 Å². The second-order valence-electron chi connectivity index (χ2n) is 4.74. The monoisotopic (exact) mass is 328 g/mol. The van der Waals surface area contributed by atoms with Gasteiger partial charge >= 0.3 is 0 Å². The quantitative estimate of drug-likeness (QED) is 0.792. The summed E-state index contributed by atoms with van der Waals surface area (Å²) in [6.07, 6.45) is 1.63. The van der Waals surface area contributed by atoms with Gasteiger partial charge in [0.05, 0.1) is 18.1 Å². The van der Waals surface area contributed by atoms with Crippen molar-refractivity contribution >= 4 is 21.6 Å². The van der Waals surface area contributed by atoms with Gasteiger partial charge < -0.3 is 4.42 Å². The number of rotatable bonds is 5. The Morgan fingerprint density at radius 1 is 1.29 bits per heavy atom. The lowest BCUT2D eigenvalue weighted by Gasteiger charge is -2.17. The molecule has 2 rings (SSSR count). The van der Waals surface area contributed by atoms with E-state index in [-0.39, 0.29) is 17.3 Å². The van der Waals surface area contributed by atoms with Gasteiger partial charge in [-0.1, -0.05) is 6.07 Å². The Hall–Kier alpha value is -1.37.